The van der Waals surface area contributed by atoms with Crippen molar-refractivity contribution in [1.82, 2.24) is 4.98 Å². The van der Waals surface area contributed by atoms with Gasteiger partial charge in [-0.1, -0.05) is 24.3 Å². The lowest BCUT2D eigenvalue weighted by Gasteiger charge is -2.02. The van der Waals surface area contributed by atoms with Crippen LogP contribution in [0.25, 0.3) is 21.7 Å². The Bertz CT molecular complexity index is 723. The molecule has 0 fully saturated rings. The van der Waals surface area contributed by atoms with Crippen LogP contribution in [0.3, 0.4) is 0 Å². The summed E-state index contributed by atoms with van der Waals surface area (Å²) < 4.78 is 0. The van der Waals surface area contributed by atoms with Crippen LogP contribution in [0.15, 0.2) is 48.7 Å². The van der Waals surface area contributed by atoms with Gasteiger partial charge in [0.2, 0.25) is 0 Å². The molecule has 2 heteroatoms. The third kappa shape index (κ3) is 1.23. The van der Waals surface area contributed by atoms with Crippen LogP contribution >= 0.6 is 0 Å². The molecule has 0 unspecified atom stereocenters. The number of hydrogen-bond acceptors (Lipinski definition) is 2. The highest BCUT2D eigenvalue weighted by Gasteiger charge is 2.01. The lowest BCUT2D eigenvalue weighted by atomic mass is 10.1. The van der Waals surface area contributed by atoms with Crippen LogP contribution in [0.4, 0.5) is 0 Å². The molecule has 74 valence electrons. The van der Waals surface area contributed by atoms with Gasteiger partial charge in [0.05, 0.1) is 17.1 Å². The first-order chi connectivity index (χ1) is 7.88. The Labute approximate surface area is 92.8 Å². The lowest BCUT2D eigenvalue weighted by molar-refractivity contribution is 1.43. The second-order valence-corrected chi connectivity index (χ2v) is 3.69. The van der Waals surface area contributed by atoms with Gasteiger partial charge in [-0.3, -0.25) is 4.98 Å². The summed E-state index contributed by atoms with van der Waals surface area (Å²) in [6, 6.07) is 15.8. The van der Waals surface area contributed by atoms with Crippen LogP contribution in [-0.2, 0) is 0 Å². The molecule has 3 rings (SSSR count). The topological polar surface area (TPSA) is 36.7 Å². The van der Waals surface area contributed by atoms with E-state index in [2.05, 4.69) is 17.1 Å². The number of pyridine rings is 1. The van der Waals surface area contributed by atoms with E-state index in [4.69, 9.17) is 5.26 Å². The van der Waals surface area contributed by atoms with Gasteiger partial charge in [-0.25, -0.2) is 0 Å². The highest BCUT2D eigenvalue weighted by Crippen LogP contribution is 2.23. The SMILES string of the molecule is N#Cc1ccc2ncc3ccccc3c2c1. The Kier molecular flexibility index (Phi) is 1.84. The zero-order chi connectivity index (χ0) is 11.0. The number of fused-ring (bicyclic) bond motifs is 3. The number of aromatic nitrogens is 1. The van der Waals surface area contributed by atoms with E-state index in [1.165, 1.54) is 0 Å². The molecule has 1 aromatic heterocycles. The second kappa shape index (κ2) is 3.32. The second-order valence-electron chi connectivity index (χ2n) is 3.69. The Balaban J connectivity index is 2.53. The molecule has 0 aliphatic heterocycles. The third-order valence-electron chi connectivity index (χ3n) is 2.72. The quantitative estimate of drug-likeness (QED) is 0.527. The van der Waals surface area contributed by atoms with E-state index < -0.39 is 0 Å². The summed E-state index contributed by atoms with van der Waals surface area (Å²) in [5.41, 5.74) is 1.60. The van der Waals surface area contributed by atoms with Crippen molar-refractivity contribution < 1.29 is 0 Å². The van der Waals surface area contributed by atoms with Crippen molar-refractivity contribution in [3.63, 3.8) is 0 Å². The highest BCUT2D eigenvalue weighted by molar-refractivity contribution is 6.05. The third-order valence-corrected chi connectivity index (χ3v) is 2.72. The Hall–Kier alpha value is -2.40. The summed E-state index contributed by atoms with van der Waals surface area (Å²) in [7, 11) is 0. The zero-order valence-corrected chi connectivity index (χ0v) is 8.51. The molecule has 2 aromatic carbocycles. The fraction of sp³-hybridized carbons (Fsp3) is 0. The Morgan fingerprint density at radius 2 is 1.88 bits per heavy atom. The molecule has 1 heterocycles. The molecular formula is C14H8N2. The summed E-state index contributed by atoms with van der Waals surface area (Å²) in [6.45, 7) is 0. The van der Waals surface area contributed by atoms with E-state index in [9.17, 15) is 0 Å². The molecule has 0 amide bonds. The summed E-state index contributed by atoms with van der Waals surface area (Å²) in [5.74, 6) is 0. The van der Waals surface area contributed by atoms with Crippen molar-refractivity contribution in [3.05, 3.63) is 54.2 Å². The monoisotopic (exact) mass is 204 g/mol. The number of hydrogen-bond donors (Lipinski definition) is 0. The normalized spacial score (nSPS) is 10.4. The highest BCUT2D eigenvalue weighted by atomic mass is 14.6. The molecule has 0 spiro atoms. The first-order valence-corrected chi connectivity index (χ1v) is 5.06. The maximum absolute atomic E-state index is 8.90. The predicted molar refractivity (Wildman–Crippen MR) is 64.0 cm³/mol. The van der Waals surface area contributed by atoms with Crippen LogP contribution in [0.1, 0.15) is 5.56 Å². The van der Waals surface area contributed by atoms with E-state index in [0.29, 0.717) is 5.56 Å². The zero-order valence-electron chi connectivity index (χ0n) is 8.51. The maximum Gasteiger partial charge on any atom is 0.0991 e. The summed E-state index contributed by atoms with van der Waals surface area (Å²) in [6.07, 6.45) is 1.86. The van der Waals surface area contributed by atoms with E-state index in [1.807, 2.05) is 36.5 Å². The van der Waals surface area contributed by atoms with E-state index in [-0.39, 0.29) is 0 Å². The van der Waals surface area contributed by atoms with E-state index in [1.54, 1.807) is 6.07 Å². The van der Waals surface area contributed by atoms with Crippen molar-refractivity contribution in [2.75, 3.05) is 0 Å². The minimum absolute atomic E-state index is 0.672. The number of nitrogens with zero attached hydrogens (tertiary/aromatic N) is 2. The first-order valence-electron chi connectivity index (χ1n) is 5.06. The van der Waals surface area contributed by atoms with Gasteiger partial charge in [0, 0.05) is 17.0 Å². The fourth-order valence-corrected chi connectivity index (χ4v) is 1.93. The summed E-state index contributed by atoms with van der Waals surface area (Å²) >= 11 is 0. The van der Waals surface area contributed by atoms with Crippen molar-refractivity contribution in [3.8, 4) is 6.07 Å². The number of rotatable bonds is 0. The standard InChI is InChI=1S/C14H8N2/c15-8-10-5-6-14-13(7-10)12-4-2-1-3-11(12)9-16-14/h1-7,9H. The van der Waals surface area contributed by atoms with Gasteiger partial charge < -0.3 is 0 Å². The van der Waals surface area contributed by atoms with Gasteiger partial charge in [-0.05, 0) is 23.6 Å². The van der Waals surface area contributed by atoms with Crippen LogP contribution in [0, 0.1) is 11.3 Å². The molecule has 0 radical (unpaired) electrons. The van der Waals surface area contributed by atoms with Crippen molar-refractivity contribution in [2.45, 2.75) is 0 Å². The molecule has 0 saturated heterocycles. The maximum atomic E-state index is 8.90. The summed E-state index contributed by atoms with van der Waals surface area (Å²) in [5, 5.41) is 12.2. The van der Waals surface area contributed by atoms with Crippen molar-refractivity contribution in [2.24, 2.45) is 0 Å². The Morgan fingerprint density at radius 3 is 2.75 bits per heavy atom. The lowest BCUT2D eigenvalue weighted by Crippen LogP contribution is -1.83. The number of nitriles is 1. The van der Waals surface area contributed by atoms with Crippen LogP contribution in [0.2, 0.25) is 0 Å². The van der Waals surface area contributed by atoms with Crippen LogP contribution in [0.5, 0.6) is 0 Å². The molecule has 0 aliphatic carbocycles. The van der Waals surface area contributed by atoms with Gasteiger partial charge in [0.1, 0.15) is 0 Å². The molecule has 0 bridgehead atoms. The molecular weight excluding hydrogens is 196 g/mol. The Morgan fingerprint density at radius 1 is 1.00 bits per heavy atom. The predicted octanol–water partition coefficient (Wildman–Crippen LogP) is 3.26. The van der Waals surface area contributed by atoms with Crippen LogP contribution in [-0.4, -0.2) is 4.98 Å². The van der Waals surface area contributed by atoms with Gasteiger partial charge in [0.25, 0.3) is 0 Å². The van der Waals surface area contributed by atoms with E-state index in [0.717, 1.165) is 21.7 Å². The summed E-state index contributed by atoms with van der Waals surface area (Å²) in [4.78, 5) is 4.38. The van der Waals surface area contributed by atoms with Gasteiger partial charge in [-0.15, -0.1) is 0 Å². The smallest absolute Gasteiger partial charge is 0.0991 e. The van der Waals surface area contributed by atoms with Gasteiger partial charge >= 0.3 is 0 Å². The molecule has 0 N–H and O–H groups in total. The van der Waals surface area contributed by atoms with Crippen molar-refractivity contribution >= 4 is 21.7 Å². The van der Waals surface area contributed by atoms with Crippen molar-refractivity contribution in [1.29, 1.82) is 5.26 Å². The van der Waals surface area contributed by atoms with Gasteiger partial charge in [-0.2, -0.15) is 5.26 Å². The largest absolute Gasteiger partial charge is 0.256 e. The molecule has 0 atom stereocenters. The molecule has 16 heavy (non-hydrogen) atoms. The van der Waals surface area contributed by atoms with Crippen LogP contribution < -0.4 is 0 Å². The molecule has 0 saturated carbocycles. The first kappa shape index (κ1) is 8.87. The number of benzene rings is 2. The van der Waals surface area contributed by atoms with Gasteiger partial charge in [0.15, 0.2) is 0 Å². The average molecular weight is 204 g/mol. The molecule has 3 aromatic rings. The molecule has 2 nitrogen and oxygen atoms in total. The fourth-order valence-electron chi connectivity index (χ4n) is 1.93. The minimum atomic E-state index is 0.672. The molecule has 0 aliphatic rings. The average Bonchev–Trinajstić information content (AvgIpc) is 2.38. The minimum Gasteiger partial charge on any atom is -0.256 e. The van der Waals surface area contributed by atoms with E-state index >= 15 is 0 Å².